The molecule has 3 nitrogen and oxygen atoms in total. The predicted molar refractivity (Wildman–Crippen MR) is 240 cm³/mol. The van der Waals surface area contributed by atoms with Crippen molar-refractivity contribution in [1.82, 2.24) is 4.98 Å². The lowest BCUT2D eigenvalue weighted by Gasteiger charge is -2.29. The molecule has 1 heterocycles. The third kappa shape index (κ3) is 6.14. The number of hydrogen-bond acceptors (Lipinski definition) is 3. The zero-order valence-corrected chi connectivity index (χ0v) is 31.7. The third-order valence-electron chi connectivity index (χ3n) is 11.7. The van der Waals surface area contributed by atoms with Gasteiger partial charge in [0.1, 0.15) is 0 Å². The number of fused-ring (bicyclic) bond motifs is 6. The highest BCUT2D eigenvalue weighted by atomic mass is 16.4. The number of allylic oxidation sites excluding steroid dienone is 2. The highest BCUT2D eigenvalue weighted by Crippen LogP contribution is 2.46. The standard InChI is InChI=1S/C55H38N2O/c1-3-9-37(10-4-1)39-15-17-40(18-16-39)41-23-29-48(30-24-41)57(50-33-27-38-11-7-8-14-46(38)35-50)49-31-25-42(26-32-49)47-22-20-43-19-21-44-28-34-52-54(53(44)51(43)36-47)56-55(58-52)45-12-5-2-6-13-45/h1-36,44,53H. The summed E-state index contributed by atoms with van der Waals surface area (Å²) < 4.78 is 6.32. The Labute approximate surface area is 338 Å². The molecule has 58 heavy (non-hydrogen) atoms. The minimum Gasteiger partial charge on any atom is -0.436 e. The van der Waals surface area contributed by atoms with Gasteiger partial charge in [0.25, 0.3) is 0 Å². The second kappa shape index (κ2) is 14.2. The van der Waals surface area contributed by atoms with Crippen molar-refractivity contribution in [2.75, 3.05) is 4.90 Å². The first-order valence-corrected chi connectivity index (χ1v) is 19.9. The number of aromatic nitrogens is 1. The van der Waals surface area contributed by atoms with Crippen LogP contribution in [0.4, 0.5) is 17.1 Å². The van der Waals surface area contributed by atoms with Gasteiger partial charge < -0.3 is 9.32 Å². The first-order valence-electron chi connectivity index (χ1n) is 19.9. The summed E-state index contributed by atoms with van der Waals surface area (Å²) in [5.74, 6) is 1.83. The van der Waals surface area contributed by atoms with Crippen molar-refractivity contribution >= 4 is 40.0 Å². The van der Waals surface area contributed by atoms with Crippen LogP contribution in [-0.2, 0) is 0 Å². The van der Waals surface area contributed by atoms with Crippen LogP contribution in [0.25, 0.3) is 67.8 Å². The Morgan fingerprint density at radius 3 is 1.60 bits per heavy atom. The molecule has 0 saturated carbocycles. The molecule has 2 unspecified atom stereocenters. The van der Waals surface area contributed by atoms with Gasteiger partial charge in [0.15, 0.2) is 5.76 Å². The fraction of sp³-hybridized carbons (Fsp3) is 0.0364. The SMILES string of the molecule is C1=CC2C=Cc3oc(-c4ccccc4)nc3C2c2cc(-c3ccc(N(c4ccc(-c5ccc(-c6ccccc6)cc5)cc4)c4ccc5ccccc5c4)cc3)ccc21. The molecular weight excluding hydrogens is 705 g/mol. The van der Waals surface area contributed by atoms with Crippen molar-refractivity contribution in [3.63, 3.8) is 0 Å². The van der Waals surface area contributed by atoms with Crippen molar-refractivity contribution in [1.29, 1.82) is 0 Å². The van der Waals surface area contributed by atoms with E-state index in [9.17, 15) is 0 Å². The van der Waals surface area contributed by atoms with Crippen LogP contribution in [0.5, 0.6) is 0 Å². The van der Waals surface area contributed by atoms with Crippen molar-refractivity contribution < 1.29 is 4.42 Å². The first-order chi connectivity index (χ1) is 28.7. The molecule has 2 aliphatic carbocycles. The van der Waals surface area contributed by atoms with Crippen LogP contribution in [0.2, 0.25) is 0 Å². The second-order valence-electron chi connectivity index (χ2n) is 15.2. The van der Waals surface area contributed by atoms with E-state index in [0.717, 1.165) is 34.1 Å². The molecule has 1 aromatic heterocycles. The van der Waals surface area contributed by atoms with Gasteiger partial charge in [0, 0.05) is 34.5 Å². The minimum atomic E-state index is 0.0913. The maximum atomic E-state index is 6.32. The Balaban J connectivity index is 0.927. The summed E-state index contributed by atoms with van der Waals surface area (Å²) in [7, 11) is 0. The lowest BCUT2D eigenvalue weighted by Crippen LogP contribution is -2.18. The van der Waals surface area contributed by atoms with Gasteiger partial charge in [-0.15, -0.1) is 0 Å². The molecular formula is C55H38N2O. The van der Waals surface area contributed by atoms with Crippen molar-refractivity contribution in [3.8, 4) is 44.8 Å². The Hall–Kier alpha value is -7.49. The summed E-state index contributed by atoms with van der Waals surface area (Å²) in [6, 6.07) is 69.6. The molecule has 11 rings (SSSR count). The lowest BCUT2D eigenvalue weighted by molar-refractivity contribution is 0.550. The van der Waals surface area contributed by atoms with Crippen LogP contribution in [0.3, 0.4) is 0 Å². The summed E-state index contributed by atoms with van der Waals surface area (Å²) in [4.78, 5) is 7.45. The number of benzene rings is 8. The summed E-state index contributed by atoms with van der Waals surface area (Å²) in [6.07, 6.45) is 8.89. The fourth-order valence-electron chi connectivity index (χ4n) is 8.66. The predicted octanol–water partition coefficient (Wildman–Crippen LogP) is 14.8. The average Bonchev–Trinajstić information content (AvgIpc) is 3.75. The van der Waals surface area contributed by atoms with Crippen LogP contribution in [0.15, 0.2) is 211 Å². The largest absolute Gasteiger partial charge is 0.436 e. The molecule has 274 valence electrons. The van der Waals surface area contributed by atoms with Gasteiger partial charge in [-0.2, -0.15) is 0 Å². The third-order valence-corrected chi connectivity index (χ3v) is 11.7. The molecule has 9 aromatic rings. The number of nitrogens with zero attached hydrogens (tertiary/aromatic N) is 2. The van der Waals surface area contributed by atoms with E-state index in [2.05, 4.69) is 205 Å². The lowest BCUT2D eigenvalue weighted by atomic mass is 9.74. The highest BCUT2D eigenvalue weighted by molar-refractivity contribution is 5.90. The summed E-state index contributed by atoms with van der Waals surface area (Å²) in [5.41, 5.74) is 15.0. The summed E-state index contributed by atoms with van der Waals surface area (Å²) in [5, 5.41) is 2.43. The molecule has 3 heteroatoms. The molecule has 8 aromatic carbocycles. The van der Waals surface area contributed by atoms with E-state index < -0.39 is 0 Å². The van der Waals surface area contributed by atoms with E-state index in [4.69, 9.17) is 9.40 Å². The zero-order chi connectivity index (χ0) is 38.4. The molecule has 0 radical (unpaired) electrons. The van der Waals surface area contributed by atoms with Crippen LogP contribution in [0, 0.1) is 5.92 Å². The monoisotopic (exact) mass is 742 g/mol. The second-order valence-corrected chi connectivity index (χ2v) is 15.2. The average molecular weight is 743 g/mol. The Kier molecular flexibility index (Phi) is 8.29. The molecule has 0 amide bonds. The van der Waals surface area contributed by atoms with E-state index in [1.54, 1.807) is 0 Å². The van der Waals surface area contributed by atoms with Crippen LogP contribution < -0.4 is 4.90 Å². The van der Waals surface area contributed by atoms with E-state index in [-0.39, 0.29) is 11.8 Å². The highest BCUT2D eigenvalue weighted by Gasteiger charge is 2.34. The van der Waals surface area contributed by atoms with E-state index in [0.29, 0.717) is 5.89 Å². The Morgan fingerprint density at radius 2 is 0.931 bits per heavy atom. The van der Waals surface area contributed by atoms with Gasteiger partial charge in [0.2, 0.25) is 5.89 Å². The molecule has 2 aliphatic rings. The first kappa shape index (κ1) is 33.8. The van der Waals surface area contributed by atoms with Crippen molar-refractivity contribution in [2.45, 2.75) is 5.92 Å². The Bertz CT molecular complexity index is 2980. The van der Waals surface area contributed by atoms with Crippen LogP contribution in [-0.4, -0.2) is 4.98 Å². The summed E-state index contributed by atoms with van der Waals surface area (Å²) >= 11 is 0. The van der Waals surface area contributed by atoms with E-state index in [1.165, 1.54) is 55.3 Å². The molecule has 2 atom stereocenters. The minimum absolute atomic E-state index is 0.0913. The van der Waals surface area contributed by atoms with E-state index >= 15 is 0 Å². The molecule has 0 aliphatic heterocycles. The normalized spacial score (nSPS) is 15.1. The maximum absolute atomic E-state index is 6.32. The van der Waals surface area contributed by atoms with Crippen molar-refractivity contribution in [3.05, 3.63) is 229 Å². The van der Waals surface area contributed by atoms with Gasteiger partial charge in [-0.05, 0) is 116 Å². The smallest absolute Gasteiger partial charge is 0.226 e. The van der Waals surface area contributed by atoms with Gasteiger partial charge in [-0.3, -0.25) is 0 Å². The van der Waals surface area contributed by atoms with Crippen LogP contribution in [0.1, 0.15) is 28.5 Å². The maximum Gasteiger partial charge on any atom is 0.226 e. The number of rotatable bonds is 7. The number of anilines is 3. The summed E-state index contributed by atoms with van der Waals surface area (Å²) in [6.45, 7) is 0. The van der Waals surface area contributed by atoms with Gasteiger partial charge in [-0.1, -0.05) is 158 Å². The fourth-order valence-corrected chi connectivity index (χ4v) is 8.66. The quantitative estimate of drug-likeness (QED) is 0.163. The van der Waals surface area contributed by atoms with Gasteiger partial charge in [0.05, 0.1) is 5.69 Å². The zero-order valence-electron chi connectivity index (χ0n) is 31.7. The number of oxazole rings is 1. The number of hydrogen-bond donors (Lipinski definition) is 0. The Morgan fingerprint density at radius 1 is 0.414 bits per heavy atom. The molecule has 0 spiro atoms. The topological polar surface area (TPSA) is 29.3 Å². The molecule has 0 bridgehead atoms. The molecule has 0 N–H and O–H groups in total. The molecule has 0 saturated heterocycles. The van der Waals surface area contributed by atoms with Gasteiger partial charge >= 0.3 is 0 Å². The van der Waals surface area contributed by atoms with Crippen LogP contribution >= 0.6 is 0 Å². The van der Waals surface area contributed by atoms with Crippen molar-refractivity contribution in [2.24, 2.45) is 5.92 Å². The van der Waals surface area contributed by atoms with E-state index in [1.807, 2.05) is 18.2 Å². The molecule has 0 fully saturated rings. The van der Waals surface area contributed by atoms with Gasteiger partial charge in [-0.25, -0.2) is 4.98 Å².